The highest BCUT2D eigenvalue weighted by atomic mass is 16.5. The van der Waals surface area contributed by atoms with Gasteiger partial charge in [0, 0.05) is 25.3 Å². The number of morpholine rings is 1. The summed E-state index contributed by atoms with van der Waals surface area (Å²) in [6.07, 6.45) is 1.46. The normalized spacial score (nSPS) is 18.1. The minimum Gasteiger partial charge on any atom is -0.366 e. The highest BCUT2D eigenvalue weighted by molar-refractivity contribution is 5.76. The highest BCUT2D eigenvalue weighted by Gasteiger charge is 2.27. The summed E-state index contributed by atoms with van der Waals surface area (Å²) >= 11 is 0. The van der Waals surface area contributed by atoms with E-state index in [9.17, 15) is 4.79 Å². The van der Waals surface area contributed by atoms with Crippen molar-refractivity contribution in [2.75, 3.05) is 19.7 Å². The first-order chi connectivity index (χ1) is 12.0. The van der Waals surface area contributed by atoms with Gasteiger partial charge in [0.05, 0.1) is 13.2 Å². The van der Waals surface area contributed by atoms with Crippen LogP contribution < -0.4 is 0 Å². The second kappa shape index (κ2) is 7.73. The maximum atomic E-state index is 12.4. The van der Waals surface area contributed by atoms with Crippen LogP contribution in [0, 0.1) is 6.92 Å². The van der Waals surface area contributed by atoms with Crippen molar-refractivity contribution in [2.45, 2.75) is 52.1 Å². The van der Waals surface area contributed by atoms with Crippen molar-refractivity contribution >= 4 is 5.91 Å². The number of carbonyl (C=O) groups excluding carboxylic acids is 1. The van der Waals surface area contributed by atoms with Crippen LogP contribution >= 0.6 is 0 Å². The van der Waals surface area contributed by atoms with Gasteiger partial charge in [-0.1, -0.05) is 19.0 Å². The van der Waals surface area contributed by atoms with Crippen LogP contribution in [0.3, 0.4) is 0 Å². The van der Waals surface area contributed by atoms with Gasteiger partial charge >= 0.3 is 0 Å². The van der Waals surface area contributed by atoms with Gasteiger partial charge in [0.25, 0.3) is 0 Å². The van der Waals surface area contributed by atoms with Crippen LogP contribution in [0.15, 0.2) is 4.52 Å². The molecule has 1 amide bonds. The van der Waals surface area contributed by atoms with Gasteiger partial charge in [0.1, 0.15) is 11.9 Å². The number of ether oxygens (including phenoxy) is 1. The number of H-pyrrole nitrogens is 1. The molecule has 9 heteroatoms. The van der Waals surface area contributed by atoms with Crippen LogP contribution in [0.2, 0.25) is 0 Å². The van der Waals surface area contributed by atoms with Crippen LogP contribution in [0.5, 0.6) is 0 Å². The molecule has 0 spiro atoms. The van der Waals surface area contributed by atoms with Crippen LogP contribution in [-0.2, 0) is 16.0 Å². The summed E-state index contributed by atoms with van der Waals surface area (Å²) in [6, 6.07) is 0. The molecule has 3 rings (SSSR count). The summed E-state index contributed by atoms with van der Waals surface area (Å²) in [5, 5.41) is 10.9. The van der Waals surface area contributed by atoms with Crippen molar-refractivity contribution in [2.24, 2.45) is 0 Å². The molecule has 25 heavy (non-hydrogen) atoms. The molecule has 0 radical (unpaired) electrons. The van der Waals surface area contributed by atoms with E-state index in [1.54, 1.807) is 0 Å². The first-order valence-corrected chi connectivity index (χ1v) is 8.63. The zero-order valence-corrected chi connectivity index (χ0v) is 14.9. The fourth-order valence-corrected chi connectivity index (χ4v) is 2.69. The molecule has 2 aromatic heterocycles. The number of nitrogens with one attached hydrogen (secondary N) is 1. The standard InChI is InChI=1S/C16H24N6O3/c1-10(2)15-18-13(25-21-15)5-4-6-14(23)22-7-8-24-12(9-22)16-17-11(3)19-20-16/h10,12H,4-9H2,1-3H3,(H,17,19,20)/t12-/m0/s1. The van der Waals surface area contributed by atoms with Crippen LogP contribution in [0.4, 0.5) is 0 Å². The van der Waals surface area contributed by atoms with E-state index in [0.29, 0.717) is 56.5 Å². The molecule has 9 nitrogen and oxygen atoms in total. The predicted octanol–water partition coefficient (Wildman–Crippen LogP) is 1.54. The number of rotatable bonds is 6. The van der Waals surface area contributed by atoms with Gasteiger partial charge in [-0.15, -0.1) is 0 Å². The minimum absolute atomic E-state index is 0.101. The number of carbonyl (C=O) groups is 1. The van der Waals surface area contributed by atoms with Crippen molar-refractivity contribution in [3.8, 4) is 0 Å². The molecule has 0 saturated carbocycles. The quantitative estimate of drug-likeness (QED) is 0.843. The van der Waals surface area contributed by atoms with E-state index in [1.165, 1.54) is 0 Å². The molecule has 1 fully saturated rings. The first-order valence-electron chi connectivity index (χ1n) is 8.63. The number of hydrogen-bond donors (Lipinski definition) is 1. The molecule has 1 aliphatic rings. The smallest absolute Gasteiger partial charge is 0.226 e. The molecule has 3 heterocycles. The van der Waals surface area contributed by atoms with Crippen molar-refractivity contribution in [3.05, 3.63) is 23.4 Å². The lowest BCUT2D eigenvalue weighted by molar-refractivity contribution is -0.139. The zero-order chi connectivity index (χ0) is 17.8. The van der Waals surface area contributed by atoms with Gasteiger partial charge in [-0.2, -0.15) is 10.1 Å². The molecule has 0 unspecified atom stereocenters. The Morgan fingerprint density at radius 3 is 2.92 bits per heavy atom. The number of aromatic amines is 1. The van der Waals surface area contributed by atoms with Gasteiger partial charge < -0.3 is 14.2 Å². The van der Waals surface area contributed by atoms with Gasteiger partial charge in [-0.25, -0.2) is 4.98 Å². The number of aromatic nitrogens is 5. The van der Waals surface area contributed by atoms with Crippen molar-refractivity contribution in [1.29, 1.82) is 0 Å². The zero-order valence-electron chi connectivity index (χ0n) is 14.9. The Labute approximate surface area is 146 Å². The van der Waals surface area contributed by atoms with E-state index in [1.807, 2.05) is 25.7 Å². The van der Waals surface area contributed by atoms with E-state index < -0.39 is 0 Å². The lowest BCUT2D eigenvalue weighted by Gasteiger charge is -2.31. The highest BCUT2D eigenvalue weighted by Crippen LogP contribution is 2.20. The Kier molecular flexibility index (Phi) is 5.42. The third-order valence-corrected chi connectivity index (χ3v) is 4.10. The first kappa shape index (κ1) is 17.5. The largest absolute Gasteiger partial charge is 0.366 e. The molecule has 1 atom stereocenters. The maximum Gasteiger partial charge on any atom is 0.226 e. The third kappa shape index (κ3) is 4.41. The molecule has 0 aliphatic carbocycles. The number of amides is 1. The van der Waals surface area contributed by atoms with Crippen molar-refractivity contribution < 1.29 is 14.1 Å². The van der Waals surface area contributed by atoms with Crippen molar-refractivity contribution in [1.82, 2.24) is 30.2 Å². The summed E-state index contributed by atoms with van der Waals surface area (Å²) in [5.74, 6) is 2.98. The Morgan fingerprint density at radius 1 is 1.40 bits per heavy atom. The van der Waals surface area contributed by atoms with E-state index in [2.05, 4.69) is 25.3 Å². The molecule has 1 saturated heterocycles. The molecule has 0 bridgehead atoms. The lowest BCUT2D eigenvalue weighted by Crippen LogP contribution is -2.42. The molecule has 136 valence electrons. The molecule has 2 aromatic rings. The Hall–Kier alpha value is -2.29. The minimum atomic E-state index is -0.271. The molecular weight excluding hydrogens is 324 g/mol. The summed E-state index contributed by atoms with van der Waals surface area (Å²) in [6.45, 7) is 7.44. The van der Waals surface area contributed by atoms with Gasteiger partial charge in [-0.3, -0.25) is 9.89 Å². The average molecular weight is 348 g/mol. The molecule has 0 aromatic carbocycles. The fourth-order valence-electron chi connectivity index (χ4n) is 2.69. The average Bonchev–Trinajstić information content (AvgIpc) is 3.24. The second-order valence-electron chi connectivity index (χ2n) is 6.53. The third-order valence-electron chi connectivity index (χ3n) is 4.10. The Bertz CT molecular complexity index is 710. The van der Waals surface area contributed by atoms with Gasteiger partial charge in [0.15, 0.2) is 11.6 Å². The van der Waals surface area contributed by atoms with Gasteiger partial charge in [0.2, 0.25) is 11.8 Å². The topological polar surface area (TPSA) is 110 Å². The second-order valence-corrected chi connectivity index (χ2v) is 6.53. The maximum absolute atomic E-state index is 12.4. The summed E-state index contributed by atoms with van der Waals surface area (Å²) < 4.78 is 10.9. The van der Waals surface area contributed by atoms with Gasteiger partial charge in [-0.05, 0) is 13.3 Å². The summed E-state index contributed by atoms with van der Waals surface area (Å²) in [5.41, 5.74) is 0. The molecular formula is C16H24N6O3. The van der Waals surface area contributed by atoms with Crippen LogP contribution in [-0.4, -0.2) is 55.8 Å². The number of aryl methyl sites for hydroxylation is 2. The molecule has 1 N–H and O–H groups in total. The number of hydrogen-bond acceptors (Lipinski definition) is 7. The van der Waals surface area contributed by atoms with Crippen LogP contribution in [0.25, 0.3) is 0 Å². The fraction of sp³-hybridized carbons (Fsp3) is 0.688. The Morgan fingerprint density at radius 2 is 2.24 bits per heavy atom. The van der Waals surface area contributed by atoms with Crippen LogP contribution in [0.1, 0.15) is 62.1 Å². The SMILES string of the molecule is Cc1nc([C@@H]2CN(C(=O)CCCc3nc(C(C)C)no3)CCO2)n[nH]1. The lowest BCUT2D eigenvalue weighted by atomic mass is 10.2. The number of nitrogens with zero attached hydrogens (tertiary/aromatic N) is 5. The van der Waals surface area contributed by atoms with E-state index in [0.717, 1.165) is 5.82 Å². The predicted molar refractivity (Wildman–Crippen MR) is 87.7 cm³/mol. The van der Waals surface area contributed by atoms with E-state index >= 15 is 0 Å². The van der Waals surface area contributed by atoms with E-state index in [-0.39, 0.29) is 17.9 Å². The monoisotopic (exact) mass is 348 g/mol. The summed E-state index contributed by atoms with van der Waals surface area (Å²) in [7, 11) is 0. The van der Waals surface area contributed by atoms with E-state index in [4.69, 9.17) is 9.26 Å². The Balaban J connectivity index is 1.47. The molecule has 1 aliphatic heterocycles. The van der Waals surface area contributed by atoms with Crippen molar-refractivity contribution in [3.63, 3.8) is 0 Å². The summed E-state index contributed by atoms with van der Waals surface area (Å²) in [4.78, 5) is 22.9.